The van der Waals surface area contributed by atoms with Crippen molar-refractivity contribution in [3.63, 3.8) is 0 Å². The molecule has 6 rings (SSSR count). The van der Waals surface area contributed by atoms with Crippen LogP contribution < -0.4 is 15.0 Å². The Labute approximate surface area is 241 Å². The van der Waals surface area contributed by atoms with Crippen molar-refractivity contribution < 1.29 is 19.1 Å². The predicted octanol–water partition coefficient (Wildman–Crippen LogP) is 5.07. The summed E-state index contributed by atoms with van der Waals surface area (Å²) in [6, 6.07) is 21.7. The molecule has 1 saturated heterocycles. The molecule has 0 radical (unpaired) electrons. The molecule has 2 unspecified atom stereocenters. The van der Waals surface area contributed by atoms with Crippen molar-refractivity contribution in [3.05, 3.63) is 82.6 Å². The first-order chi connectivity index (χ1) is 19.6. The molecule has 2 aliphatic rings. The van der Waals surface area contributed by atoms with Gasteiger partial charge in [0.15, 0.2) is 0 Å². The molecule has 0 saturated carbocycles. The normalized spacial score (nSPS) is 18.8. The van der Waals surface area contributed by atoms with Crippen molar-refractivity contribution >= 4 is 40.7 Å². The number of thioether (sulfide) groups is 1. The number of nitrogens with zero attached hydrogens (tertiary/aromatic N) is 3. The van der Waals surface area contributed by atoms with Crippen LogP contribution in [0, 0.1) is 0 Å². The molecule has 1 N–H and O–H groups in total. The van der Waals surface area contributed by atoms with E-state index in [1.54, 1.807) is 39.8 Å². The summed E-state index contributed by atoms with van der Waals surface area (Å²) in [5.41, 5.74) is 3.43. The highest BCUT2D eigenvalue weighted by molar-refractivity contribution is 8.00. The molecule has 4 heterocycles. The number of rotatable bonds is 8. The van der Waals surface area contributed by atoms with Crippen LogP contribution in [0.1, 0.15) is 28.5 Å². The van der Waals surface area contributed by atoms with Crippen LogP contribution in [-0.4, -0.2) is 60.3 Å². The number of methoxy groups -OCH3 is 1. The molecule has 1 fully saturated rings. The number of aromatic nitrogens is 2. The van der Waals surface area contributed by atoms with Crippen LogP contribution in [0.15, 0.2) is 72.1 Å². The van der Waals surface area contributed by atoms with Crippen molar-refractivity contribution in [2.75, 3.05) is 37.5 Å². The minimum absolute atomic E-state index is 0.0209. The zero-order valence-electron chi connectivity index (χ0n) is 22.1. The molecule has 2 aliphatic heterocycles. The Morgan fingerprint density at radius 1 is 1.12 bits per heavy atom. The van der Waals surface area contributed by atoms with Gasteiger partial charge in [-0.25, -0.2) is 4.68 Å². The standard InChI is InChI=1S/C30H30N4O4S2/c1-37-22-13-11-21(12-14-22)34-30-27(28(32-34)20-7-3-2-4-8-20)29(24-10-6-16-39-24)40-19-26(36)33(30)18-25(35)31-17-23-9-5-15-38-23/h2-4,6-8,10-14,16,23,29H,5,9,15,17-19H2,1H3,(H,31,35). The van der Waals surface area contributed by atoms with Crippen molar-refractivity contribution in [2.24, 2.45) is 0 Å². The monoisotopic (exact) mass is 574 g/mol. The minimum atomic E-state index is -0.224. The smallest absolute Gasteiger partial charge is 0.240 e. The van der Waals surface area contributed by atoms with E-state index in [0.29, 0.717) is 12.4 Å². The fraction of sp³-hybridized carbons (Fsp3) is 0.300. The second kappa shape index (κ2) is 11.9. The van der Waals surface area contributed by atoms with Gasteiger partial charge in [0.1, 0.15) is 18.1 Å². The van der Waals surface area contributed by atoms with Crippen molar-refractivity contribution in [1.82, 2.24) is 15.1 Å². The van der Waals surface area contributed by atoms with Gasteiger partial charge in [0, 0.05) is 29.2 Å². The highest BCUT2D eigenvalue weighted by atomic mass is 32.2. The van der Waals surface area contributed by atoms with Gasteiger partial charge in [-0.15, -0.1) is 23.1 Å². The number of hydrogen-bond acceptors (Lipinski definition) is 7. The summed E-state index contributed by atoms with van der Waals surface area (Å²) in [5.74, 6) is 1.22. The van der Waals surface area contributed by atoms with E-state index in [9.17, 15) is 9.59 Å². The lowest BCUT2D eigenvalue weighted by atomic mass is 10.0. The lowest BCUT2D eigenvalue weighted by molar-refractivity contribution is -0.123. The van der Waals surface area contributed by atoms with Gasteiger partial charge in [0.05, 0.1) is 35.6 Å². The van der Waals surface area contributed by atoms with Crippen LogP contribution in [0.3, 0.4) is 0 Å². The number of nitrogens with one attached hydrogen (secondary N) is 1. The number of anilines is 1. The van der Waals surface area contributed by atoms with Gasteiger partial charge in [-0.1, -0.05) is 36.4 Å². The molecule has 2 aromatic heterocycles. The Kier molecular flexibility index (Phi) is 7.90. The number of carbonyl (C=O) groups excluding carboxylic acids is 2. The van der Waals surface area contributed by atoms with E-state index in [2.05, 4.69) is 16.8 Å². The van der Waals surface area contributed by atoms with Crippen LogP contribution in [0.4, 0.5) is 5.82 Å². The second-order valence-corrected chi connectivity index (χ2v) is 11.8. The third kappa shape index (κ3) is 5.39. The number of thiophene rings is 1. The molecule has 10 heteroatoms. The Morgan fingerprint density at radius 3 is 2.65 bits per heavy atom. The summed E-state index contributed by atoms with van der Waals surface area (Å²) < 4.78 is 12.9. The maximum atomic E-state index is 13.8. The maximum Gasteiger partial charge on any atom is 0.240 e. The fourth-order valence-electron chi connectivity index (χ4n) is 5.13. The number of hydrogen-bond donors (Lipinski definition) is 1. The zero-order chi connectivity index (χ0) is 27.5. The van der Waals surface area contributed by atoms with E-state index in [1.165, 1.54) is 0 Å². The molecule has 2 amide bonds. The second-order valence-electron chi connectivity index (χ2n) is 9.69. The van der Waals surface area contributed by atoms with Gasteiger partial charge in [0.25, 0.3) is 0 Å². The van der Waals surface area contributed by atoms with Gasteiger partial charge in [0.2, 0.25) is 11.8 Å². The minimum Gasteiger partial charge on any atom is -0.497 e. The first kappa shape index (κ1) is 26.6. The average Bonchev–Trinajstić information content (AvgIpc) is 3.77. The van der Waals surface area contributed by atoms with Gasteiger partial charge in [-0.05, 0) is 48.6 Å². The lowest BCUT2D eigenvalue weighted by Crippen LogP contribution is -2.44. The number of ether oxygens (including phenoxy) is 2. The van der Waals surface area contributed by atoms with Crippen LogP contribution in [-0.2, 0) is 14.3 Å². The molecule has 2 aromatic carbocycles. The molecule has 2 atom stereocenters. The third-order valence-electron chi connectivity index (χ3n) is 7.11. The molecular formula is C30H30N4O4S2. The van der Waals surface area contributed by atoms with Crippen molar-refractivity contribution in [2.45, 2.75) is 24.2 Å². The predicted molar refractivity (Wildman–Crippen MR) is 159 cm³/mol. The summed E-state index contributed by atoms with van der Waals surface area (Å²) >= 11 is 3.23. The van der Waals surface area contributed by atoms with Gasteiger partial charge >= 0.3 is 0 Å². The summed E-state index contributed by atoms with van der Waals surface area (Å²) in [6.45, 7) is 1.05. The zero-order valence-corrected chi connectivity index (χ0v) is 23.7. The van der Waals surface area contributed by atoms with E-state index in [0.717, 1.165) is 52.6 Å². The quantitative estimate of drug-likeness (QED) is 0.316. The van der Waals surface area contributed by atoms with Crippen LogP contribution in [0.25, 0.3) is 16.9 Å². The van der Waals surface area contributed by atoms with Crippen LogP contribution >= 0.6 is 23.1 Å². The van der Waals surface area contributed by atoms with Crippen LogP contribution in [0.5, 0.6) is 5.75 Å². The number of benzene rings is 2. The molecule has 4 aromatic rings. The van der Waals surface area contributed by atoms with E-state index in [1.807, 2.05) is 60.7 Å². The topological polar surface area (TPSA) is 85.7 Å². The Balaban J connectivity index is 1.49. The highest BCUT2D eigenvalue weighted by Gasteiger charge is 2.38. The summed E-state index contributed by atoms with van der Waals surface area (Å²) in [7, 11) is 1.63. The molecule has 0 spiro atoms. The Hall–Kier alpha value is -3.60. The molecule has 0 bridgehead atoms. The molecule has 8 nitrogen and oxygen atoms in total. The van der Waals surface area contributed by atoms with E-state index in [4.69, 9.17) is 14.6 Å². The number of amides is 2. The SMILES string of the molecule is COc1ccc(-n2nc(-c3ccccc3)c3c2N(CC(=O)NCC2CCCO2)C(=O)CSC3c2cccs2)cc1. The third-order valence-corrected chi connectivity index (χ3v) is 9.43. The average molecular weight is 575 g/mol. The Bertz CT molecular complexity index is 1470. The summed E-state index contributed by atoms with van der Waals surface area (Å²) in [6.07, 6.45) is 1.95. The largest absolute Gasteiger partial charge is 0.497 e. The first-order valence-corrected chi connectivity index (χ1v) is 15.2. The highest BCUT2D eigenvalue weighted by Crippen LogP contribution is 2.49. The molecular weight excluding hydrogens is 544 g/mol. The maximum absolute atomic E-state index is 13.8. The fourth-order valence-corrected chi connectivity index (χ4v) is 7.30. The van der Waals surface area contributed by atoms with Gasteiger partial charge < -0.3 is 14.8 Å². The molecule has 40 heavy (non-hydrogen) atoms. The molecule has 0 aliphatic carbocycles. The van der Waals surface area contributed by atoms with Crippen LogP contribution in [0.2, 0.25) is 0 Å². The van der Waals surface area contributed by atoms with E-state index < -0.39 is 0 Å². The van der Waals surface area contributed by atoms with E-state index >= 15 is 0 Å². The lowest BCUT2D eigenvalue weighted by Gasteiger charge is -2.23. The van der Waals surface area contributed by atoms with Gasteiger partial charge in [-0.2, -0.15) is 5.10 Å². The summed E-state index contributed by atoms with van der Waals surface area (Å²) in [5, 5.41) is 10.0. The van der Waals surface area contributed by atoms with Gasteiger partial charge in [-0.3, -0.25) is 14.5 Å². The molecule has 206 valence electrons. The number of fused-ring (bicyclic) bond motifs is 1. The van der Waals surface area contributed by atoms with Crippen molar-refractivity contribution in [1.29, 1.82) is 0 Å². The first-order valence-electron chi connectivity index (χ1n) is 13.3. The van der Waals surface area contributed by atoms with E-state index in [-0.39, 0.29) is 35.5 Å². The summed E-state index contributed by atoms with van der Waals surface area (Å²) in [4.78, 5) is 29.7. The van der Waals surface area contributed by atoms with Crippen molar-refractivity contribution in [3.8, 4) is 22.7 Å². The Morgan fingerprint density at radius 2 is 1.95 bits per heavy atom. The number of carbonyl (C=O) groups is 2.